The summed E-state index contributed by atoms with van der Waals surface area (Å²) in [5.41, 5.74) is 8.52. The number of hydrogen-bond acceptors (Lipinski definition) is 3. The molecule has 0 spiro atoms. The Kier molecular flexibility index (Phi) is 3.37. The van der Waals surface area contributed by atoms with Crippen molar-refractivity contribution in [1.29, 1.82) is 0 Å². The minimum absolute atomic E-state index is 0.0552. The molecule has 1 aromatic heterocycles. The van der Waals surface area contributed by atoms with Gasteiger partial charge in [0.2, 0.25) is 0 Å². The van der Waals surface area contributed by atoms with E-state index in [0.29, 0.717) is 0 Å². The van der Waals surface area contributed by atoms with Crippen LogP contribution in [-0.2, 0) is 0 Å². The smallest absolute Gasteiger partial charge is 0.0705 e. The van der Waals surface area contributed by atoms with Gasteiger partial charge in [0.15, 0.2) is 0 Å². The Hall–Kier alpha value is -1.45. The van der Waals surface area contributed by atoms with Crippen LogP contribution >= 0.6 is 0 Å². The second-order valence-corrected chi connectivity index (χ2v) is 5.44. The second kappa shape index (κ2) is 4.67. The average Bonchev–Trinajstić information content (AvgIpc) is 2.37. The predicted molar refractivity (Wildman–Crippen MR) is 76.4 cm³/mol. The molecule has 0 aliphatic rings. The topological polar surface area (TPSA) is 42.1 Å². The van der Waals surface area contributed by atoms with Crippen molar-refractivity contribution < 1.29 is 0 Å². The zero-order chi connectivity index (χ0) is 13.3. The van der Waals surface area contributed by atoms with E-state index >= 15 is 0 Å². The third-order valence-electron chi connectivity index (χ3n) is 3.93. The molecule has 3 heteroatoms. The lowest BCUT2D eigenvalue weighted by Crippen LogP contribution is -2.47. The van der Waals surface area contributed by atoms with Crippen molar-refractivity contribution in [3.63, 3.8) is 0 Å². The molecule has 2 N–H and O–H groups in total. The Morgan fingerprint density at radius 2 is 1.89 bits per heavy atom. The number of pyridine rings is 1. The van der Waals surface area contributed by atoms with Crippen molar-refractivity contribution in [1.82, 2.24) is 9.88 Å². The second-order valence-electron chi connectivity index (χ2n) is 5.44. The van der Waals surface area contributed by atoms with Gasteiger partial charge in [-0.2, -0.15) is 0 Å². The molecule has 0 saturated carbocycles. The van der Waals surface area contributed by atoms with E-state index in [0.717, 1.165) is 16.5 Å². The van der Waals surface area contributed by atoms with E-state index in [2.05, 4.69) is 50.0 Å². The van der Waals surface area contributed by atoms with E-state index in [1.165, 1.54) is 0 Å². The molecule has 0 bridgehead atoms. The largest absolute Gasteiger partial charge is 0.322 e. The van der Waals surface area contributed by atoms with Gasteiger partial charge in [-0.3, -0.25) is 4.98 Å². The monoisotopic (exact) mass is 243 g/mol. The molecule has 18 heavy (non-hydrogen) atoms. The van der Waals surface area contributed by atoms with Gasteiger partial charge in [-0.05, 0) is 45.6 Å². The summed E-state index contributed by atoms with van der Waals surface area (Å²) in [6.45, 7) is 4.32. The minimum Gasteiger partial charge on any atom is -0.322 e. The van der Waals surface area contributed by atoms with Crippen LogP contribution in [0.4, 0.5) is 0 Å². The molecule has 3 nitrogen and oxygen atoms in total. The Bertz CT molecular complexity index is 541. The summed E-state index contributed by atoms with van der Waals surface area (Å²) in [6.07, 6.45) is 1.81. The summed E-state index contributed by atoms with van der Waals surface area (Å²) in [7, 11) is 4.12. The molecule has 96 valence electrons. The van der Waals surface area contributed by atoms with Gasteiger partial charge in [0, 0.05) is 23.2 Å². The van der Waals surface area contributed by atoms with Crippen molar-refractivity contribution in [3.8, 4) is 0 Å². The Balaban J connectivity index is 2.55. The van der Waals surface area contributed by atoms with E-state index in [4.69, 9.17) is 5.73 Å². The summed E-state index contributed by atoms with van der Waals surface area (Å²) in [5.74, 6) is 0. The molecule has 2 aromatic rings. The maximum Gasteiger partial charge on any atom is 0.0705 e. The lowest BCUT2D eigenvalue weighted by Gasteiger charge is -2.38. The molecule has 1 unspecified atom stereocenters. The summed E-state index contributed by atoms with van der Waals surface area (Å²) in [6, 6.07) is 10.1. The predicted octanol–water partition coefficient (Wildman–Crippen LogP) is 2.57. The van der Waals surface area contributed by atoms with E-state index in [1.54, 1.807) is 0 Å². The number of benzene rings is 1. The average molecular weight is 243 g/mol. The van der Waals surface area contributed by atoms with Crippen molar-refractivity contribution in [2.24, 2.45) is 5.73 Å². The standard InChI is InChI=1S/C15H21N3/c1-15(2,18(3)4)14(16)12-7-5-9-13-11(12)8-6-10-17-13/h5-10,14H,16H2,1-4H3. The number of nitrogens with two attached hydrogens (primary N) is 1. The molecule has 2 rings (SSSR count). The van der Waals surface area contributed by atoms with Gasteiger partial charge in [-0.15, -0.1) is 0 Å². The van der Waals surface area contributed by atoms with Crippen LogP contribution in [0.15, 0.2) is 36.5 Å². The Labute approximate surface area is 109 Å². The molecule has 0 aliphatic heterocycles. The number of rotatable bonds is 3. The van der Waals surface area contributed by atoms with Gasteiger partial charge in [0.25, 0.3) is 0 Å². The Morgan fingerprint density at radius 1 is 1.17 bits per heavy atom. The van der Waals surface area contributed by atoms with Crippen molar-refractivity contribution >= 4 is 10.9 Å². The molecule has 0 radical (unpaired) electrons. The van der Waals surface area contributed by atoms with Crippen LogP contribution in [0, 0.1) is 0 Å². The molecule has 1 heterocycles. The molecular formula is C15H21N3. The lowest BCUT2D eigenvalue weighted by atomic mass is 9.86. The normalized spacial score (nSPS) is 14.1. The lowest BCUT2D eigenvalue weighted by molar-refractivity contribution is 0.159. The van der Waals surface area contributed by atoms with E-state index in [-0.39, 0.29) is 11.6 Å². The van der Waals surface area contributed by atoms with Gasteiger partial charge in [0.1, 0.15) is 0 Å². The van der Waals surface area contributed by atoms with E-state index < -0.39 is 0 Å². The zero-order valence-electron chi connectivity index (χ0n) is 11.5. The highest BCUT2D eigenvalue weighted by molar-refractivity contribution is 5.82. The van der Waals surface area contributed by atoms with Crippen molar-refractivity contribution in [3.05, 3.63) is 42.1 Å². The van der Waals surface area contributed by atoms with Crippen LogP contribution in [-0.4, -0.2) is 29.5 Å². The number of hydrogen-bond donors (Lipinski definition) is 1. The molecule has 1 atom stereocenters. The van der Waals surface area contributed by atoms with Gasteiger partial charge < -0.3 is 10.6 Å². The van der Waals surface area contributed by atoms with Gasteiger partial charge in [-0.1, -0.05) is 18.2 Å². The Morgan fingerprint density at radius 3 is 2.56 bits per heavy atom. The van der Waals surface area contributed by atoms with Crippen molar-refractivity contribution in [2.75, 3.05) is 14.1 Å². The fraction of sp³-hybridized carbons (Fsp3) is 0.400. The third kappa shape index (κ3) is 2.11. The molecular weight excluding hydrogens is 222 g/mol. The minimum atomic E-state index is -0.107. The van der Waals surface area contributed by atoms with Crippen LogP contribution in [0.25, 0.3) is 10.9 Å². The fourth-order valence-corrected chi connectivity index (χ4v) is 2.06. The SMILES string of the molecule is CN(C)C(C)(C)C(N)c1cccc2ncccc12. The summed E-state index contributed by atoms with van der Waals surface area (Å²) in [5, 5.41) is 1.14. The van der Waals surface area contributed by atoms with Crippen molar-refractivity contribution in [2.45, 2.75) is 25.4 Å². The number of aromatic nitrogens is 1. The molecule has 0 amide bonds. The first kappa shape index (κ1) is 13.0. The summed E-state index contributed by atoms with van der Waals surface area (Å²) < 4.78 is 0. The van der Waals surface area contributed by atoms with Gasteiger partial charge in [-0.25, -0.2) is 0 Å². The van der Waals surface area contributed by atoms with Crippen LogP contribution in [0.5, 0.6) is 0 Å². The van der Waals surface area contributed by atoms with E-state index in [1.807, 2.05) is 24.4 Å². The first-order chi connectivity index (χ1) is 8.44. The van der Waals surface area contributed by atoms with Crippen LogP contribution in [0.1, 0.15) is 25.5 Å². The van der Waals surface area contributed by atoms with Crippen LogP contribution in [0.2, 0.25) is 0 Å². The number of likely N-dealkylation sites (N-methyl/N-ethyl adjacent to an activating group) is 1. The van der Waals surface area contributed by atoms with Gasteiger partial charge in [0.05, 0.1) is 5.52 Å². The van der Waals surface area contributed by atoms with E-state index in [9.17, 15) is 0 Å². The summed E-state index contributed by atoms with van der Waals surface area (Å²) >= 11 is 0. The molecule has 0 aliphatic carbocycles. The number of nitrogens with zero attached hydrogens (tertiary/aromatic N) is 2. The maximum absolute atomic E-state index is 6.47. The van der Waals surface area contributed by atoms with Crippen LogP contribution in [0.3, 0.4) is 0 Å². The zero-order valence-corrected chi connectivity index (χ0v) is 11.5. The number of fused-ring (bicyclic) bond motifs is 1. The highest BCUT2D eigenvalue weighted by Crippen LogP contribution is 2.31. The maximum atomic E-state index is 6.47. The molecule has 0 fully saturated rings. The quantitative estimate of drug-likeness (QED) is 0.901. The first-order valence-corrected chi connectivity index (χ1v) is 6.21. The summed E-state index contributed by atoms with van der Waals surface area (Å²) in [4.78, 5) is 6.54. The molecule has 1 aromatic carbocycles. The highest BCUT2D eigenvalue weighted by atomic mass is 15.2. The first-order valence-electron chi connectivity index (χ1n) is 6.21. The van der Waals surface area contributed by atoms with Crippen LogP contribution < -0.4 is 5.73 Å². The van der Waals surface area contributed by atoms with Gasteiger partial charge >= 0.3 is 0 Å². The molecule has 0 saturated heterocycles. The highest BCUT2D eigenvalue weighted by Gasteiger charge is 2.30. The third-order valence-corrected chi connectivity index (χ3v) is 3.93. The fourth-order valence-electron chi connectivity index (χ4n) is 2.06.